The van der Waals surface area contributed by atoms with Crippen LogP contribution in [0.3, 0.4) is 0 Å². The molecule has 20 heavy (non-hydrogen) atoms. The minimum Gasteiger partial charge on any atom is -0.468 e. The van der Waals surface area contributed by atoms with E-state index in [2.05, 4.69) is 37.4 Å². The summed E-state index contributed by atoms with van der Waals surface area (Å²) in [6.07, 6.45) is 0.385. The maximum absolute atomic E-state index is 12.2. The van der Waals surface area contributed by atoms with Gasteiger partial charge in [-0.15, -0.1) is 0 Å². The molecule has 0 aliphatic carbocycles. The molecule has 8 heteroatoms. The van der Waals surface area contributed by atoms with E-state index in [4.69, 9.17) is 0 Å². The number of halogens is 1. The van der Waals surface area contributed by atoms with E-state index in [9.17, 15) is 13.2 Å². The Morgan fingerprint density at radius 3 is 2.65 bits per heavy atom. The van der Waals surface area contributed by atoms with Crippen LogP contribution in [0.4, 0.5) is 0 Å². The molecule has 1 aliphatic heterocycles. The molecule has 0 saturated carbocycles. The zero-order chi connectivity index (χ0) is 14.8. The van der Waals surface area contributed by atoms with Crippen LogP contribution >= 0.6 is 22.6 Å². The van der Waals surface area contributed by atoms with Gasteiger partial charge in [0, 0.05) is 16.2 Å². The van der Waals surface area contributed by atoms with Gasteiger partial charge >= 0.3 is 5.97 Å². The summed E-state index contributed by atoms with van der Waals surface area (Å²) in [6.45, 7) is 0.406. The molecule has 2 rings (SSSR count). The number of carbonyl (C=O) groups is 1. The van der Waals surface area contributed by atoms with Crippen LogP contribution < -0.4 is 10.0 Å². The Morgan fingerprint density at radius 2 is 2.05 bits per heavy atom. The average molecular weight is 410 g/mol. The maximum Gasteiger partial charge on any atom is 0.322 e. The number of benzene rings is 1. The molecule has 0 amide bonds. The number of ether oxygens (including phenoxy) is 1. The van der Waals surface area contributed by atoms with Crippen molar-refractivity contribution in [2.24, 2.45) is 0 Å². The number of nitrogens with one attached hydrogen (secondary N) is 2. The zero-order valence-electron chi connectivity index (χ0n) is 10.8. The summed E-state index contributed by atoms with van der Waals surface area (Å²) in [5.74, 6) is -0.374. The van der Waals surface area contributed by atoms with Gasteiger partial charge in [-0.25, -0.2) is 13.1 Å². The van der Waals surface area contributed by atoms with Gasteiger partial charge < -0.3 is 10.1 Å². The molecule has 1 aromatic carbocycles. The highest BCUT2D eigenvalue weighted by Crippen LogP contribution is 2.15. The number of hydrogen-bond acceptors (Lipinski definition) is 5. The molecule has 0 bridgehead atoms. The van der Waals surface area contributed by atoms with E-state index in [0.29, 0.717) is 13.0 Å². The van der Waals surface area contributed by atoms with E-state index in [0.717, 1.165) is 3.57 Å². The molecular formula is C12H15IN2O4S. The largest absolute Gasteiger partial charge is 0.468 e. The van der Waals surface area contributed by atoms with Gasteiger partial charge in [0.1, 0.15) is 6.04 Å². The van der Waals surface area contributed by atoms with Gasteiger partial charge in [0.05, 0.1) is 12.0 Å². The molecule has 1 fully saturated rings. The predicted octanol–water partition coefficient (Wildman–Crippen LogP) is 0.473. The Balaban J connectivity index is 2.03. The molecule has 1 aromatic rings. The normalized spacial score (nSPS) is 22.7. The summed E-state index contributed by atoms with van der Waals surface area (Å²) in [6, 6.07) is 5.82. The lowest BCUT2D eigenvalue weighted by atomic mass is 10.2. The Bertz CT molecular complexity index is 588. The summed E-state index contributed by atoms with van der Waals surface area (Å²) >= 11 is 2.11. The van der Waals surface area contributed by atoms with Crippen molar-refractivity contribution < 1.29 is 17.9 Å². The van der Waals surface area contributed by atoms with Crippen molar-refractivity contribution in [2.45, 2.75) is 23.4 Å². The molecule has 110 valence electrons. The van der Waals surface area contributed by atoms with Crippen LogP contribution in [0.25, 0.3) is 0 Å². The zero-order valence-corrected chi connectivity index (χ0v) is 13.8. The fourth-order valence-electron chi connectivity index (χ4n) is 2.05. The molecular weight excluding hydrogens is 395 g/mol. The number of sulfonamides is 1. The van der Waals surface area contributed by atoms with Crippen LogP contribution in [-0.2, 0) is 19.6 Å². The topological polar surface area (TPSA) is 84.5 Å². The van der Waals surface area contributed by atoms with Crippen molar-refractivity contribution in [3.05, 3.63) is 27.8 Å². The van der Waals surface area contributed by atoms with E-state index in [1.54, 1.807) is 24.3 Å². The lowest BCUT2D eigenvalue weighted by Gasteiger charge is -2.12. The van der Waals surface area contributed by atoms with Crippen molar-refractivity contribution in [2.75, 3.05) is 13.7 Å². The third kappa shape index (κ3) is 3.68. The lowest BCUT2D eigenvalue weighted by Crippen LogP contribution is -2.36. The second-order valence-electron chi connectivity index (χ2n) is 4.49. The van der Waals surface area contributed by atoms with Gasteiger partial charge in [-0.1, -0.05) is 0 Å². The van der Waals surface area contributed by atoms with E-state index >= 15 is 0 Å². The van der Waals surface area contributed by atoms with E-state index in [1.165, 1.54) is 7.11 Å². The van der Waals surface area contributed by atoms with Gasteiger partial charge in [0.2, 0.25) is 10.0 Å². The van der Waals surface area contributed by atoms with E-state index < -0.39 is 16.1 Å². The lowest BCUT2D eigenvalue weighted by molar-refractivity contribution is -0.142. The van der Waals surface area contributed by atoms with Gasteiger partial charge in [-0.2, -0.15) is 0 Å². The minimum absolute atomic E-state index is 0.222. The smallest absolute Gasteiger partial charge is 0.322 e. The van der Waals surface area contributed by atoms with E-state index in [1.807, 2.05) is 0 Å². The number of carbonyl (C=O) groups excluding carboxylic acids is 1. The van der Waals surface area contributed by atoms with Crippen molar-refractivity contribution >= 4 is 38.6 Å². The van der Waals surface area contributed by atoms with Crippen molar-refractivity contribution in [1.29, 1.82) is 0 Å². The average Bonchev–Trinajstić information content (AvgIpc) is 2.86. The first kappa shape index (κ1) is 15.7. The quantitative estimate of drug-likeness (QED) is 0.557. The monoisotopic (exact) mass is 410 g/mol. The summed E-state index contributed by atoms with van der Waals surface area (Å²) in [5, 5.41) is 2.94. The molecule has 1 saturated heterocycles. The van der Waals surface area contributed by atoms with Gasteiger partial charge in [-0.3, -0.25) is 4.79 Å². The van der Waals surface area contributed by atoms with Crippen LogP contribution in [0.5, 0.6) is 0 Å². The number of hydrogen-bond donors (Lipinski definition) is 2. The Hall–Kier alpha value is -0.710. The molecule has 0 unspecified atom stereocenters. The standard InChI is InChI=1S/C12H15IN2O4S/c1-19-12(16)11-6-9(7-14-11)15-20(17,18)10-4-2-8(13)3-5-10/h2-5,9,11,14-15H,6-7H2,1H3/t9-,11+/m1/s1. The first-order valence-electron chi connectivity index (χ1n) is 6.01. The van der Waals surface area contributed by atoms with Gasteiger partial charge in [0.25, 0.3) is 0 Å². The molecule has 0 aromatic heterocycles. The first-order chi connectivity index (χ1) is 9.42. The second-order valence-corrected chi connectivity index (χ2v) is 7.45. The fraction of sp³-hybridized carbons (Fsp3) is 0.417. The number of esters is 1. The second kappa shape index (κ2) is 6.37. The van der Waals surface area contributed by atoms with Crippen LogP contribution in [0.2, 0.25) is 0 Å². The summed E-state index contributed by atoms with van der Waals surface area (Å²) in [4.78, 5) is 11.6. The Morgan fingerprint density at radius 1 is 1.40 bits per heavy atom. The van der Waals surface area contributed by atoms with Crippen LogP contribution in [0.1, 0.15) is 6.42 Å². The summed E-state index contributed by atoms with van der Waals surface area (Å²) in [7, 11) is -2.25. The molecule has 2 atom stereocenters. The summed E-state index contributed by atoms with van der Waals surface area (Å²) < 4.78 is 32.6. The van der Waals surface area contributed by atoms with Crippen LogP contribution in [-0.4, -0.2) is 40.1 Å². The molecule has 6 nitrogen and oxygen atoms in total. The minimum atomic E-state index is -3.56. The fourth-order valence-corrected chi connectivity index (χ4v) is 3.66. The first-order valence-corrected chi connectivity index (χ1v) is 8.57. The highest BCUT2D eigenvalue weighted by molar-refractivity contribution is 14.1. The van der Waals surface area contributed by atoms with Gasteiger partial charge in [-0.05, 0) is 53.3 Å². The van der Waals surface area contributed by atoms with E-state index in [-0.39, 0.29) is 16.9 Å². The van der Waals surface area contributed by atoms with Crippen LogP contribution in [0.15, 0.2) is 29.2 Å². The van der Waals surface area contributed by atoms with Crippen LogP contribution in [0, 0.1) is 3.57 Å². The Labute approximate surface area is 131 Å². The number of methoxy groups -OCH3 is 1. The predicted molar refractivity (Wildman–Crippen MR) is 81.7 cm³/mol. The Kier molecular flexibility index (Phi) is 4.99. The molecule has 2 N–H and O–H groups in total. The molecule has 0 radical (unpaired) electrons. The third-order valence-corrected chi connectivity index (χ3v) is 5.32. The molecule has 1 heterocycles. The SMILES string of the molecule is COC(=O)[C@@H]1C[C@@H](NS(=O)(=O)c2ccc(I)cc2)CN1. The number of rotatable bonds is 4. The maximum atomic E-state index is 12.2. The third-order valence-electron chi connectivity index (χ3n) is 3.06. The summed E-state index contributed by atoms with van der Waals surface area (Å²) in [5.41, 5.74) is 0. The molecule has 0 spiro atoms. The molecule has 1 aliphatic rings. The van der Waals surface area contributed by atoms with Gasteiger partial charge in [0.15, 0.2) is 0 Å². The highest BCUT2D eigenvalue weighted by Gasteiger charge is 2.32. The van der Waals surface area contributed by atoms with Crippen molar-refractivity contribution in [3.63, 3.8) is 0 Å². The van der Waals surface area contributed by atoms with Crippen molar-refractivity contribution in [1.82, 2.24) is 10.0 Å². The van der Waals surface area contributed by atoms with Crippen molar-refractivity contribution in [3.8, 4) is 0 Å². The highest BCUT2D eigenvalue weighted by atomic mass is 127.